The number of thiophene rings is 1. The number of nitrogens with one attached hydrogen (secondary N) is 2. The average molecular weight is 414 g/mol. The number of carbonyl (C=O) groups excluding carboxylic acids is 1. The molecule has 0 bridgehead atoms. The van der Waals surface area contributed by atoms with E-state index in [1.54, 1.807) is 13.0 Å². The first-order valence-electron chi connectivity index (χ1n) is 9.17. The number of rotatable bonds is 5. The fraction of sp³-hybridized carbons (Fsp3) is 0.556. The van der Waals surface area contributed by atoms with Gasteiger partial charge in [0.15, 0.2) is 11.5 Å². The first kappa shape index (κ1) is 20.5. The summed E-state index contributed by atoms with van der Waals surface area (Å²) in [5, 5.41) is 12.5. The van der Waals surface area contributed by atoms with E-state index in [2.05, 4.69) is 20.5 Å². The molecule has 6 nitrogen and oxygen atoms in total. The van der Waals surface area contributed by atoms with Crippen LogP contribution in [0.2, 0.25) is 0 Å². The molecule has 1 aliphatic carbocycles. The molecule has 1 amide bonds. The van der Waals surface area contributed by atoms with E-state index in [4.69, 9.17) is 0 Å². The fourth-order valence-corrected chi connectivity index (χ4v) is 4.14. The predicted octanol–water partition coefficient (Wildman–Crippen LogP) is 3.83. The van der Waals surface area contributed by atoms with Gasteiger partial charge in [0.05, 0.1) is 16.8 Å². The maximum absolute atomic E-state index is 13.0. The van der Waals surface area contributed by atoms with Gasteiger partial charge in [0, 0.05) is 5.92 Å². The Morgan fingerprint density at radius 2 is 2.18 bits per heavy atom. The zero-order valence-corrected chi connectivity index (χ0v) is 16.1. The number of amides is 1. The van der Waals surface area contributed by atoms with Crippen molar-refractivity contribution in [2.24, 2.45) is 11.8 Å². The van der Waals surface area contributed by atoms with Crippen molar-refractivity contribution in [1.82, 2.24) is 20.5 Å². The van der Waals surface area contributed by atoms with Crippen LogP contribution in [-0.2, 0) is 4.79 Å². The van der Waals surface area contributed by atoms with Crippen LogP contribution in [0.5, 0.6) is 0 Å². The standard InChI is InChI=1S/C18H21F3N4O2S/c1-2-12(14-17(27)23-15(25-24-14)13-7-4-8-28-13)22-16(26)10-5-3-6-11(9-10)18(19,20)21/h4,7-8,10-12H,2-3,5-6,9H2,1H3,(H,22,26)(H,23,25,27). The summed E-state index contributed by atoms with van der Waals surface area (Å²) < 4.78 is 39.0. The van der Waals surface area contributed by atoms with Gasteiger partial charge in [-0.05, 0) is 37.1 Å². The molecule has 0 saturated heterocycles. The Hall–Kier alpha value is -2.23. The van der Waals surface area contributed by atoms with Gasteiger partial charge in [-0.1, -0.05) is 19.4 Å². The molecule has 3 atom stereocenters. The zero-order valence-electron chi connectivity index (χ0n) is 15.3. The van der Waals surface area contributed by atoms with Crippen LogP contribution < -0.4 is 10.9 Å². The monoisotopic (exact) mass is 414 g/mol. The molecule has 28 heavy (non-hydrogen) atoms. The molecule has 152 valence electrons. The quantitative estimate of drug-likeness (QED) is 0.778. The van der Waals surface area contributed by atoms with Crippen molar-refractivity contribution in [2.45, 2.75) is 51.2 Å². The lowest BCUT2D eigenvalue weighted by Crippen LogP contribution is -2.40. The predicted molar refractivity (Wildman–Crippen MR) is 98.6 cm³/mol. The number of hydrogen-bond donors (Lipinski definition) is 2. The smallest absolute Gasteiger partial charge is 0.347 e. The fourth-order valence-electron chi connectivity index (χ4n) is 3.48. The van der Waals surface area contributed by atoms with E-state index in [0.29, 0.717) is 25.1 Å². The number of H-pyrrole nitrogens is 1. The molecule has 1 aliphatic rings. The van der Waals surface area contributed by atoms with Gasteiger partial charge in [-0.3, -0.25) is 9.59 Å². The van der Waals surface area contributed by atoms with Crippen LogP contribution in [0.15, 0.2) is 22.3 Å². The van der Waals surface area contributed by atoms with Crippen LogP contribution in [-0.4, -0.2) is 27.3 Å². The van der Waals surface area contributed by atoms with Crippen LogP contribution in [0.4, 0.5) is 13.2 Å². The van der Waals surface area contributed by atoms with Gasteiger partial charge in [-0.2, -0.15) is 13.2 Å². The molecule has 2 aromatic heterocycles. The van der Waals surface area contributed by atoms with E-state index in [1.807, 2.05) is 11.4 Å². The third-order valence-corrected chi connectivity index (χ3v) is 5.92. The van der Waals surface area contributed by atoms with Gasteiger partial charge >= 0.3 is 6.18 Å². The Morgan fingerprint density at radius 1 is 1.39 bits per heavy atom. The average Bonchev–Trinajstić information content (AvgIpc) is 3.20. The Morgan fingerprint density at radius 3 is 2.79 bits per heavy atom. The second-order valence-corrected chi connectivity index (χ2v) is 7.88. The molecule has 1 saturated carbocycles. The zero-order chi connectivity index (χ0) is 20.3. The van der Waals surface area contributed by atoms with Crippen LogP contribution in [0.3, 0.4) is 0 Å². The van der Waals surface area contributed by atoms with E-state index in [1.165, 1.54) is 11.3 Å². The third kappa shape index (κ3) is 4.60. The summed E-state index contributed by atoms with van der Waals surface area (Å²) in [5.41, 5.74) is -0.415. The van der Waals surface area contributed by atoms with Crippen LogP contribution in [0, 0.1) is 11.8 Å². The van der Waals surface area contributed by atoms with Gasteiger partial charge in [0.2, 0.25) is 5.91 Å². The molecule has 0 aromatic carbocycles. The highest BCUT2D eigenvalue weighted by Crippen LogP contribution is 2.40. The molecule has 0 aliphatic heterocycles. The minimum atomic E-state index is -4.29. The number of carbonyl (C=O) groups is 1. The highest BCUT2D eigenvalue weighted by Gasteiger charge is 2.43. The molecule has 0 spiro atoms. The minimum Gasteiger partial charge on any atom is -0.347 e. The number of nitrogens with zero attached hydrogens (tertiary/aromatic N) is 2. The van der Waals surface area contributed by atoms with Crippen LogP contribution in [0.25, 0.3) is 10.7 Å². The van der Waals surface area contributed by atoms with E-state index in [0.717, 1.165) is 4.88 Å². The van der Waals surface area contributed by atoms with E-state index in [9.17, 15) is 22.8 Å². The Labute approximate surface area is 163 Å². The Balaban J connectivity index is 1.72. The summed E-state index contributed by atoms with van der Waals surface area (Å²) in [6.45, 7) is 1.76. The summed E-state index contributed by atoms with van der Waals surface area (Å²) in [4.78, 5) is 28.4. The van der Waals surface area contributed by atoms with Crippen LogP contribution in [0.1, 0.15) is 50.8 Å². The van der Waals surface area contributed by atoms with Crippen LogP contribution >= 0.6 is 11.3 Å². The van der Waals surface area contributed by atoms with E-state index in [-0.39, 0.29) is 18.5 Å². The summed E-state index contributed by atoms with van der Waals surface area (Å²) in [6, 6.07) is 2.91. The molecule has 2 aromatic rings. The lowest BCUT2D eigenvalue weighted by Gasteiger charge is -2.30. The molecule has 3 unspecified atom stereocenters. The topological polar surface area (TPSA) is 87.7 Å². The number of halogens is 3. The summed E-state index contributed by atoms with van der Waals surface area (Å²) in [7, 11) is 0. The second-order valence-electron chi connectivity index (χ2n) is 6.94. The second kappa shape index (κ2) is 8.42. The normalized spacial score (nSPS) is 21.3. The van der Waals surface area contributed by atoms with Gasteiger partial charge in [0.25, 0.3) is 5.56 Å². The van der Waals surface area contributed by atoms with Crippen molar-refractivity contribution < 1.29 is 18.0 Å². The largest absolute Gasteiger partial charge is 0.391 e. The molecule has 2 heterocycles. The minimum absolute atomic E-state index is 0.0549. The van der Waals surface area contributed by atoms with Crippen molar-refractivity contribution in [1.29, 1.82) is 0 Å². The lowest BCUT2D eigenvalue weighted by atomic mass is 9.80. The van der Waals surface area contributed by atoms with E-state index >= 15 is 0 Å². The van der Waals surface area contributed by atoms with Gasteiger partial charge in [-0.25, -0.2) is 0 Å². The Kier molecular flexibility index (Phi) is 6.17. The molecule has 3 rings (SSSR count). The number of alkyl halides is 3. The molecule has 1 fully saturated rings. The van der Waals surface area contributed by atoms with Crippen molar-refractivity contribution in [3.05, 3.63) is 33.6 Å². The number of aromatic nitrogens is 3. The number of hydrogen-bond acceptors (Lipinski definition) is 5. The number of aromatic amines is 1. The summed E-state index contributed by atoms with van der Waals surface area (Å²) in [6.07, 6.45) is -3.31. The van der Waals surface area contributed by atoms with Gasteiger partial charge in [0.1, 0.15) is 0 Å². The van der Waals surface area contributed by atoms with Gasteiger partial charge in [-0.15, -0.1) is 21.5 Å². The SMILES string of the molecule is CCC(NC(=O)C1CCCC(C(F)(F)F)C1)c1nnc(-c2cccs2)[nH]c1=O. The Bertz CT molecular complexity index is 866. The van der Waals surface area contributed by atoms with Crippen molar-refractivity contribution in [2.75, 3.05) is 0 Å². The summed E-state index contributed by atoms with van der Waals surface area (Å²) >= 11 is 1.40. The molecule has 10 heteroatoms. The first-order valence-corrected chi connectivity index (χ1v) is 10.1. The highest BCUT2D eigenvalue weighted by atomic mass is 32.1. The summed E-state index contributed by atoms with van der Waals surface area (Å²) in [5.74, 6) is -2.30. The molecular formula is C18H21F3N4O2S. The first-order chi connectivity index (χ1) is 13.3. The lowest BCUT2D eigenvalue weighted by molar-refractivity contribution is -0.186. The van der Waals surface area contributed by atoms with Crippen molar-refractivity contribution in [3.8, 4) is 10.7 Å². The maximum atomic E-state index is 13.0. The maximum Gasteiger partial charge on any atom is 0.391 e. The molecular weight excluding hydrogens is 393 g/mol. The molecule has 2 N–H and O–H groups in total. The van der Waals surface area contributed by atoms with E-state index < -0.39 is 35.5 Å². The van der Waals surface area contributed by atoms with Crippen molar-refractivity contribution in [3.63, 3.8) is 0 Å². The van der Waals surface area contributed by atoms with Gasteiger partial charge < -0.3 is 10.3 Å². The third-order valence-electron chi connectivity index (χ3n) is 5.04. The molecule has 0 radical (unpaired) electrons. The highest BCUT2D eigenvalue weighted by molar-refractivity contribution is 7.13. The van der Waals surface area contributed by atoms with Crippen molar-refractivity contribution >= 4 is 17.2 Å².